The minimum Gasteiger partial charge on any atom is -0.478 e. The summed E-state index contributed by atoms with van der Waals surface area (Å²) in [6, 6.07) is 4.14. The van der Waals surface area contributed by atoms with E-state index in [1.165, 1.54) is 43.0 Å². The van der Waals surface area contributed by atoms with Crippen LogP contribution in [0.2, 0.25) is 0 Å². The van der Waals surface area contributed by atoms with E-state index in [4.69, 9.17) is 20.4 Å². The van der Waals surface area contributed by atoms with E-state index in [1.54, 1.807) is 5.38 Å². The second-order valence-electron chi connectivity index (χ2n) is 5.76. The molecule has 0 saturated heterocycles. The van der Waals surface area contributed by atoms with E-state index in [2.05, 4.69) is 4.74 Å². The third-order valence-electron chi connectivity index (χ3n) is 3.57. The summed E-state index contributed by atoms with van der Waals surface area (Å²) in [6.07, 6.45) is 0. The Morgan fingerprint density at radius 3 is 1.10 bits per heavy atom. The summed E-state index contributed by atoms with van der Waals surface area (Å²) in [5.74, 6) is -5.37. The number of hydrogen-bond donors (Lipinski definition) is 4. The molecule has 0 fully saturated rings. The molecule has 14 heteroatoms. The average molecular weight is 619 g/mol. The standard InChI is InChI=1S/C7H6O4S.C7H6O3S.C6H4O4S.3C2H6/c1-11-7(10)4-2-3-12-5(4)6(8)9;1-4(8)6-5(7(9)10)2-3-11-6;7-5(8)3-1-2-11-4(3)6(9)10;3*1-2/h2-3H,1H3,(H,8,9);2-3H,1H3,(H,9,10);1-2H,(H,7,8)(H,9,10);3*1-2H3. The molecule has 0 bridgehead atoms. The van der Waals surface area contributed by atoms with Gasteiger partial charge in [-0.1, -0.05) is 41.5 Å². The molecule has 0 amide bonds. The van der Waals surface area contributed by atoms with Crippen molar-refractivity contribution in [2.45, 2.75) is 48.5 Å². The SMILES string of the molecule is CC.CC.CC.CC(=O)c1sccc1C(=O)O.COC(=O)c1ccsc1C(=O)O.O=C(O)c1ccsc1C(=O)O. The summed E-state index contributed by atoms with van der Waals surface area (Å²) in [5.41, 5.74) is 0.0556. The van der Waals surface area contributed by atoms with Gasteiger partial charge in [0.05, 0.1) is 28.7 Å². The molecule has 0 saturated carbocycles. The predicted molar refractivity (Wildman–Crippen MR) is 156 cm³/mol. The van der Waals surface area contributed by atoms with Gasteiger partial charge in [-0.25, -0.2) is 24.0 Å². The van der Waals surface area contributed by atoms with Crippen LogP contribution in [0.25, 0.3) is 0 Å². The highest BCUT2D eigenvalue weighted by Gasteiger charge is 2.18. The zero-order chi connectivity index (χ0) is 32.0. The van der Waals surface area contributed by atoms with E-state index in [0.29, 0.717) is 4.88 Å². The first-order chi connectivity index (χ1) is 18.9. The van der Waals surface area contributed by atoms with Gasteiger partial charge in [-0.15, -0.1) is 34.0 Å². The van der Waals surface area contributed by atoms with Crippen molar-refractivity contribution in [3.8, 4) is 0 Å². The Bertz CT molecular complexity index is 1100. The molecule has 3 aromatic rings. The van der Waals surface area contributed by atoms with Gasteiger partial charge in [0.15, 0.2) is 5.78 Å². The molecular formula is C26H34O11S3. The number of carboxylic acids is 4. The number of ketones is 1. The van der Waals surface area contributed by atoms with Gasteiger partial charge in [-0.05, 0) is 41.3 Å². The molecule has 3 rings (SSSR count). The Kier molecular flexibility index (Phi) is 23.4. The van der Waals surface area contributed by atoms with Crippen molar-refractivity contribution in [2.75, 3.05) is 7.11 Å². The Morgan fingerprint density at radius 2 is 0.850 bits per heavy atom. The van der Waals surface area contributed by atoms with E-state index >= 15 is 0 Å². The van der Waals surface area contributed by atoms with Crippen molar-refractivity contribution in [3.63, 3.8) is 0 Å². The fourth-order valence-electron chi connectivity index (χ4n) is 2.14. The average Bonchev–Trinajstić information content (AvgIpc) is 3.72. The highest BCUT2D eigenvalue weighted by molar-refractivity contribution is 7.13. The first-order valence-corrected chi connectivity index (χ1v) is 14.3. The van der Waals surface area contributed by atoms with Gasteiger partial charge in [0.1, 0.15) is 9.75 Å². The molecule has 3 heterocycles. The fraction of sp³-hybridized carbons (Fsp3) is 0.308. The number of carbonyl (C=O) groups excluding carboxylic acids is 2. The molecule has 40 heavy (non-hydrogen) atoms. The molecule has 0 aliphatic carbocycles. The smallest absolute Gasteiger partial charge is 0.346 e. The Hall–Kier alpha value is -3.88. The van der Waals surface area contributed by atoms with Crippen LogP contribution >= 0.6 is 34.0 Å². The number of thiophene rings is 3. The summed E-state index contributed by atoms with van der Waals surface area (Å²) in [4.78, 5) is 63.5. The van der Waals surface area contributed by atoms with E-state index in [9.17, 15) is 28.8 Å². The van der Waals surface area contributed by atoms with Crippen molar-refractivity contribution in [1.29, 1.82) is 0 Å². The van der Waals surface area contributed by atoms with Gasteiger partial charge in [-0.3, -0.25) is 4.79 Å². The van der Waals surface area contributed by atoms with Crippen LogP contribution < -0.4 is 0 Å². The second-order valence-corrected chi connectivity index (χ2v) is 8.51. The van der Waals surface area contributed by atoms with Crippen LogP contribution in [0.3, 0.4) is 0 Å². The Balaban J connectivity index is -0.000000468. The number of hydrogen-bond acceptors (Lipinski definition) is 10. The lowest BCUT2D eigenvalue weighted by molar-refractivity contribution is 0.0584. The minimum absolute atomic E-state index is 0.0156. The van der Waals surface area contributed by atoms with Crippen LogP contribution in [0.5, 0.6) is 0 Å². The molecule has 0 spiro atoms. The molecule has 3 aromatic heterocycles. The molecule has 0 aliphatic heterocycles. The maximum atomic E-state index is 10.9. The molecule has 0 atom stereocenters. The zero-order valence-corrected chi connectivity index (χ0v) is 25.8. The molecule has 222 valence electrons. The van der Waals surface area contributed by atoms with Crippen LogP contribution in [-0.4, -0.2) is 63.2 Å². The van der Waals surface area contributed by atoms with Gasteiger partial charge < -0.3 is 25.2 Å². The number of carboxylic acid groups (broad SMARTS) is 4. The first kappa shape index (κ1) is 40.6. The monoisotopic (exact) mass is 618 g/mol. The third kappa shape index (κ3) is 13.8. The van der Waals surface area contributed by atoms with Gasteiger partial charge in [-0.2, -0.15) is 0 Å². The van der Waals surface area contributed by atoms with Crippen LogP contribution in [0.15, 0.2) is 34.3 Å². The van der Waals surface area contributed by atoms with Crippen LogP contribution in [-0.2, 0) is 4.74 Å². The lowest BCUT2D eigenvalue weighted by atomic mass is 10.2. The van der Waals surface area contributed by atoms with Crippen LogP contribution in [0.1, 0.15) is 109 Å². The van der Waals surface area contributed by atoms with Gasteiger partial charge in [0, 0.05) is 0 Å². The Labute approximate surface area is 244 Å². The van der Waals surface area contributed by atoms with Crippen LogP contribution in [0, 0.1) is 0 Å². The lowest BCUT2D eigenvalue weighted by Gasteiger charge is -1.95. The molecule has 0 aliphatic rings. The van der Waals surface area contributed by atoms with Gasteiger partial charge >= 0.3 is 29.8 Å². The number of Topliss-reactive ketones (excluding diaryl/α,β-unsaturated/α-hetero) is 1. The van der Waals surface area contributed by atoms with Gasteiger partial charge in [0.2, 0.25) is 0 Å². The molecular weight excluding hydrogens is 584 g/mol. The van der Waals surface area contributed by atoms with E-state index in [0.717, 1.165) is 34.0 Å². The second kappa shape index (κ2) is 23.0. The third-order valence-corrected chi connectivity index (χ3v) is 6.39. The number of aromatic carboxylic acids is 4. The molecule has 0 unspecified atom stereocenters. The van der Waals surface area contributed by atoms with E-state index < -0.39 is 29.8 Å². The number of ether oxygens (including phenoxy) is 1. The maximum absolute atomic E-state index is 10.9. The summed E-state index contributed by atoms with van der Waals surface area (Å²) >= 11 is 3.06. The van der Waals surface area contributed by atoms with Crippen molar-refractivity contribution >= 4 is 69.6 Å². The van der Waals surface area contributed by atoms with Gasteiger partial charge in [0.25, 0.3) is 0 Å². The zero-order valence-electron chi connectivity index (χ0n) is 23.3. The lowest BCUT2D eigenvalue weighted by Crippen LogP contribution is -2.06. The molecule has 0 radical (unpaired) electrons. The van der Waals surface area contributed by atoms with Crippen molar-refractivity contribution in [1.82, 2.24) is 0 Å². The predicted octanol–water partition coefficient (Wildman–Crippen LogP) is 7.10. The summed E-state index contributed by atoms with van der Waals surface area (Å²) < 4.78 is 4.39. The number of carbonyl (C=O) groups is 6. The number of esters is 1. The topological polar surface area (TPSA) is 193 Å². The highest BCUT2D eigenvalue weighted by Crippen LogP contribution is 2.18. The summed E-state index contributed by atoms with van der Waals surface area (Å²) in [6.45, 7) is 13.4. The first-order valence-electron chi connectivity index (χ1n) is 11.7. The van der Waals surface area contributed by atoms with Crippen molar-refractivity contribution in [2.24, 2.45) is 0 Å². The normalized spacial score (nSPS) is 8.50. The minimum atomic E-state index is -1.20. The quantitative estimate of drug-likeness (QED) is 0.162. The van der Waals surface area contributed by atoms with E-state index in [-0.39, 0.29) is 32.2 Å². The van der Waals surface area contributed by atoms with Crippen molar-refractivity contribution < 1.29 is 53.9 Å². The molecule has 0 aromatic carbocycles. The number of methoxy groups -OCH3 is 1. The summed E-state index contributed by atoms with van der Waals surface area (Å²) in [5, 5.41) is 38.6. The van der Waals surface area contributed by atoms with E-state index in [1.807, 2.05) is 41.5 Å². The van der Waals surface area contributed by atoms with Crippen molar-refractivity contribution in [3.05, 3.63) is 65.7 Å². The summed E-state index contributed by atoms with van der Waals surface area (Å²) in [7, 11) is 1.21. The highest BCUT2D eigenvalue weighted by atomic mass is 32.1. The Morgan fingerprint density at radius 1 is 0.550 bits per heavy atom. The number of rotatable bonds is 6. The maximum Gasteiger partial charge on any atom is 0.346 e. The fourth-order valence-corrected chi connectivity index (χ4v) is 4.37. The largest absolute Gasteiger partial charge is 0.478 e. The molecule has 11 nitrogen and oxygen atoms in total. The molecule has 4 N–H and O–H groups in total. The van der Waals surface area contributed by atoms with Crippen LogP contribution in [0.4, 0.5) is 0 Å².